The molecule has 0 unspecified atom stereocenters. The molecule has 0 atom stereocenters. The Morgan fingerprint density at radius 3 is 2.67 bits per heavy atom. The lowest BCUT2D eigenvalue weighted by Gasteiger charge is -2.35. The maximum absolute atomic E-state index is 4.64. The van der Waals surface area contributed by atoms with Gasteiger partial charge < -0.3 is 4.58 Å². The summed E-state index contributed by atoms with van der Waals surface area (Å²) in [6, 6.07) is 25.3. The van der Waals surface area contributed by atoms with Gasteiger partial charge in [0.15, 0.2) is 11.3 Å². The fourth-order valence-corrected chi connectivity index (χ4v) is 7.00. The number of thiophene rings is 1. The first kappa shape index (κ1) is 19.1. The molecule has 0 saturated heterocycles. The minimum Gasteiger partial charge on any atom is -0.330 e. The number of nitrogens with zero attached hydrogens (tertiary/aromatic N) is 2. The van der Waals surface area contributed by atoms with Crippen molar-refractivity contribution in [2.45, 2.75) is 25.7 Å². The lowest BCUT2D eigenvalue weighted by molar-refractivity contribution is -0.400. The van der Waals surface area contributed by atoms with Gasteiger partial charge in [0.05, 0.1) is 11.4 Å². The highest BCUT2D eigenvalue weighted by molar-refractivity contribution is 7.25. The summed E-state index contributed by atoms with van der Waals surface area (Å²) >= 11 is 1.79. The Morgan fingerprint density at radius 1 is 0.909 bits per heavy atom. The predicted octanol–water partition coefficient (Wildman–Crippen LogP) is 8.11. The molecule has 3 aromatic carbocycles. The Balaban J connectivity index is 1.50. The van der Waals surface area contributed by atoms with Crippen LogP contribution in [0.1, 0.15) is 36.8 Å². The summed E-state index contributed by atoms with van der Waals surface area (Å²) in [6.45, 7) is 4.57. The van der Waals surface area contributed by atoms with Crippen LogP contribution in [-0.4, -0.2) is 16.3 Å². The molecule has 2 aliphatic rings. The topological polar surface area (TPSA) is 15.9 Å². The third kappa shape index (κ3) is 2.82. The molecule has 5 aromatic rings. The predicted molar refractivity (Wildman–Crippen MR) is 140 cm³/mol. The summed E-state index contributed by atoms with van der Waals surface area (Å²) in [4.78, 5) is 5.73. The molecule has 2 nitrogen and oxygen atoms in total. The number of rotatable bonds is 2. The lowest BCUT2D eigenvalue weighted by Crippen LogP contribution is -2.20. The summed E-state index contributed by atoms with van der Waals surface area (Å²) in [6.07, 6.45) is 9.53. The molecule has 1 saturated carbocycles. The number of hydrogen-bond donors (Lipinski definition) is 0. The Hall–Kier alpha value is -3.43. The molecule has 7 rings (SSSR count). The van der Waals surface area contributed by atoms with Crippen LogP contribution in [0, 0.1) is 12.0 Å². The van der Waals surface area contributed by atoms with Gasteiger partial charge in [0, 0.05) is 12.9 Å². The van der Waals surface area contributed by atoms with Gasteiger partial charge in [0.2, 0.25) is 0 Å². The van der Waals surface area contributed by atoms with Crippen molar-refractivity contribution in [1.29, 1.82) is 0 Å². The van der Waals surface area contributed by atoms with Crippen LogP contribution in [0.15, 0.2) is 79.0 Å². The van der Waals surface area contributed by atoms with Crippen molar-refractivity contribution in [3.8, 4) is 0 Å². The van der Waals surface area contributed by atoms with Gasteiger partial charge in [-0.05, 0) is 34.4 Å². The van der Waals surface area contributed by atoms with E-state index in [1.165, 1.54) is 80.4 Å². The van der Waals surface area contributed by atoms with Gasteiger partial charge in [-0.15, -0.1) is 11.6 Å². The van der Waals surface area contributed by atoms with Crippen LogP contribution in [0.25, 0.3) is 36.6 Å². The van der Waals surface area contributed by atoms with E-state index in [1.807, 2.05) is 12.3 Å². The van der Waals surface area contributed by atoms with E-state index in [0.717, 1.165) is 4.83 Å². The number of aromatic nitrogens is 1. The maximum Gasteiger partial charge on any atom is 0.316 e. The quantitative estimate of drug-likeness (QED) is 0.152. The molecular formula is C30H24N2S. The van der Waals surface area contributed by atoms with E-state index in [4.69, 9.17) is 0 Å². The average Bonchev–Trinajstić information content (AvgIpc) is 3.52. The van der Waals surface area contributed by atoms with Gasteiger partial charge in [-0.1, -0.05) is 85.2 Å². The Kier molecular flexibility index (Phi) is 4.22. The van der Waals surface area contributed by atoms with Gasteiger partial charge in [-0.25, -0.2) is 4.98 Å². The highest BCUT2D eigenvalue weighted by Crippen LogP contribution is 2.49. The second kappa shape index (κ2) is 7.29. The molecule has 33 heavy (non-hydrogen) atoms. The standard InChI is InChI=1S/C30H24N2S/c1-32-26-16-15-20-10-4-5-11-21(20)28(26)25(19-8-2-3-9-19)18-27(32)24-13-6-12-22-23-14-7-17-31-30(23)33-29(22)24/h4-7,10-19H,1-3,8-9H2. The molecule has 2 aromatic heterocycles. The van der Waals surface area contributed by atoms with Crippen LogP contribution in [0.2, 0.25) is 0 Å². The zero-order valence-corrected chi connectivity index (χ0v) is 19.2. The van der Waals surface area contributed by atoms with Crippen LogP contribution in [0.3, 0.4) is 0 Å². The average molecular weight is 445 g/mol. The van der Waals surface area contributed by atoms with Crippen LogP contribution >= 0.6 is 11.3 Å². The van der Waals surface area contributed by atoms with E-state index in [2.05, 4.69) is 83.0 Å². The number of pyridine rings is 1. The highest BCUT2D eigenvalue weighted by Gasteiger charge is 2.29. The molecule has 1 aliphatic carbocycles. The molecule has 160 valence electrons. The molecule has 3 heterocycles. The van der Waals surface area contributed by atoms with Crippen LogP contribution in [0.5, 0.6) is 0 Å². The van der Waals surface area contributed by atoms with Crippen molar-refractivity contribution in [2.24, 2.45) is 5.92 Å². The van der Waals surface area contributed by atoms with Crippen molar-refractivity contribution in [3.63, 3.8) is 0 Å². The SMILES string of the molecule is C=[N+]1c2ccc3ccccc3c2C(C2CCCC2)=C[C-]1c1cccc2c3cccnc3[s+][c-]12. The van der Waals surface area contributed by atoms with Crippen LogP contribution < -0.4 is 0 Å². The van der Waals surface area contributed by atoms with Gasteiger partial charge in [-0.3, -0.25) is 0 Å². The van der Waals surface area contributed by atoms with Crippen LogP contribution in [0.4, 0.5) is 5.69 Å². The minimum absolute atomic E-state index is 0.613. The fourth-order valence-electron chi connectivity index (χ4n) is 5.83. The van der Waals surface area contributed by atoms with Crippen molar-refractivity contribution >= 4 is 60.4 Å². The molecule has 1 aliphatic heterocycles. The second-order valence-electron chi connectivity index (χ2n) is 9.22. The zero-order valence-electron chi connectivity index (χ0n) is 18.4. The molecule has 0 N–H and O–H groups in total. The van der Waals surface area contributed by atoms with Gasteiger partial charge in [-0.2, -0.15) is 6.07 Å². The number of benzene rings is 3. The molecule has 1 fully saturated rings. The lowest BCUT2D eigenvalue weighted by atomic mass is 9.82. The molecule has 0 bridgehead atoms. The van der Waals surface area contributed by atoms with E-state index >= 15 is 0 Å². The summed E-state index contributed by atoms with van der Waals surface area (Å²) in [5.74, 6) is 0.613. The first-order valence-corrected chi connectivity index (χ1v) is 12.6. The van der Waals surface area contributed by atoms with Gasteiger partial charge in [0.1, 0.15) is 10.4 Å². The third-order valence-electron chi connectivity index (χ3n) is 7.42. The molecular weight excluding hydrogens is 420 g/mol. The fraction of sp³-hybridized carbons (Fsp3) is 0.167. The van der Waals surface area contributed by atoms with Gasteiger partial charge in [0.25, 0.3) is 0 Å². The second-order valence-corrected chi connectivity index (χ2v) is 10.2. The summed E-state index contributed by atoms with van der Waals surface area (Å²) in [7, 11) is 0. The molecule has 0 amide bonds. The van der Waals surface area contributed by atoms with E-state index < -0.39 is 0 Å². The first-order valence-electron chi connectivity index (χ1n) is 11.8. The van der Waals surface area contributed by atoms with E-state index in [1.54, 1.807) is 11.3 Å². The first-order chi connectivity index (χ1) is 16.3. The third-order valence-corrected chi connectivity index (χ3v) is 8.58. The maximum atomic E-state index is 4.64. The van der Waals surface area contributed by atoms with E-state index in [0.29, 0.717) is 5.92 Å². The monoisotopic (exact) mass is 444 g/mol. The Morgan fingerprint density at radius 2 is 1.76 bits per heavy atom. The molecule has 3 heteroatoms. The summed E-state index contributed by atoms with van der Waals surface area (Å²) < 4.78 is 3.45. The van der Waals surface area contributed by atoms with Crippen molar-refractivity contribution in [1.82, 2.24) is 4.98 Å². The van der Waals surface area contributed by atoms with E-state index in [9.17, 15) is 0 Å². The zero-order chi connectivity index (χ0) is 21.9. The normalized spacial score (nSPS) is 16.7. The summed E-state index contributed by atoms with van der Waals surface area (Å²) in [5, 5.41) is 5.15. The van der Waals surface area contributed by atoms with Crippen molar-refractivity contribution < 1.29 is 4.58 Å². The number of hydrogen-bond acceptors (Lipinski definition) is 1. The smallest absolute Gasteiger partial charge is 0.316 e. The highest BCUT2D eigenvalue weighted by atomic mass is 32.1. The van der Waals surface area contributed by atoms with Crippen molar-refractivity contribution in [2.75, 3.05) is 0 Å². The Bertz CT molecular complexity index is 1600. The largest absolute Gasteiger partial charge is 0.330 e. The number of allylic oxidation sites excluding steroid dienone is 1. The van der Waals surface area contributed by atoms with E-state index in [-0.39, 0.29) is 0 Å². The molecule has 0 spiro atoms. The summed E-state index contributed by atoms with van der Waals surface area (Å²) in [5.41, 5.74) is 5.33. The molecule has 0 radical (unpaired) electrons. The Labute approximate surface area is 197 Å². The van der Waals surface area contributed by atoms with Crippen LogP contribution in [-0.2, 0) is 0 Å². The number of fused-ring (bicyclic) bond motifs is 6. The minimum atomic E-state index is 0.613. The van der Waals surface area contributed by atoms with Crippen molar-refractivity contribution in [3.05, 3.63) is 96.2 Å². The van der Waals surface area contributed by atoms with Gasteiger partial charge >= 0.3 is 4.83 Å².